The summed E-state index contributed by atoms with van der Waals surface area (Å²) in [5, 5.41) is 0. The van der Waals surface area contributed by atoms with Gasteiger partial charge in [0.2, 0.25) is 0 Å². The maximum absolute atomic E-state index is 6.12. The van der Waals surface area contributed by atoms with Gasteiger partial charge in [0.05, 0.1) is 12.3 Å². The SMILES string of the molecule is CC(N)C(c1ccco1)N(C)CC1CCCN1C. The van der Waals surface area contributed by atoms with Crippen molar-refractivity contribution < 1.29 is 4.42 Å². The normalized spacial score (nSPS) is 24.6. The molecule has 102 valence electrons. The molecule has 0 saturated carbocycles. The van der Waals surface area contributed by atoms with E-state index in [1.807, 2.05) is 19.1 Å². The molecule has 1 aliphatic rings. The van der Waals surface area contributed by atoms with Gasteiger partial charge in [0, 0.05) is 18.6 Å². The standard InChI is InChI=1S/C14H25N3O/c1-11(15)14(13-7-5-9-18-13)17(3)10-12-6-4-8-16(12)2/h5,7,9,11-12,14H,4,6,8,10,15H2,1-3H3. The van der Waals surface area contributed by atoms with Crippen LogP contribution in [0.2, 0.25) is 0 Å². The first-order valence-corrected chi connectivity index (χ1v) is 6.79. The maximum Gasteiger partial charge on any atom is 0.122 e. The van der Waals surface area contributed by atoms with Crippen molar-refractivity contribution in [1.82, 2.24) is 9.80 Å². The molecule has 0 aromatic carbocycles. The zero-order valence-electron chi connectivity index (χ0n) is 11.7. The van der Waals surface area contributed by atoms with Crippen molar-refractivity contribution in [3.05, 3.63) is 24.2 Å². The molecule has 0 radical (unpaired) electrons. The van der Waals surface area contributed by atoms with E-state index in [1.165, 1.54) is 19.4 Å². The van der Waals surface area contributed by atoms with Gasteiger partial charge in [-0.1, -0.05) is 0 Å². The lowest BCUT2D eigenvalue weighted by Gasteiger charge is -2.33. The molecule has 0 bridgehead atoms. The van der Waals surface area contributed by atoms with E-state index in [0.29, 0.717) is 6.04 Å². The van der Waals surface area contributed by atoms with Crippen LogP contribution in [0.15, 0.2) is 22.8 Å². The summed E-state index contributed by atoms with van der Waals surface area (Å²) in [6, 6.07) is 4.82. The molecule has 3 unspecified atom stereocenters. The number of furan rings is 1. The average molecular weight is 251 g/mol. The lowest BCUT2D eigenvalue weighted by atomic mass is 10.1. The summed E-state index contributed by atoms with van der Waals surface area (Å²) in [6.45, 7) is 4.30. The van der Waals surface area contributed by atoms with Gasteiger partial charge in [-0.25, -0.2) is 0 Å². The minimum absolute atomic E-state index is 0.0628. The van der Waals surface area contributed by atoms with Gasteiger partial charge in [-0.3, -0.25) is 4.90 Å². The van der Waals surface area contributed by atoms with Crippen molar-refractivity contribution in [3.8, 4) is 0 Å². The highest BCUT2D eigenvalue weighted by Crippen LogP contribution is 2.25. The third-order valence-corrected chi connectivity index (χ3v) is 3.98. The van der Waals surface area contributed by atoms with Crippen LogP contribution in [0.3, 0.4) is 0 Å². The molecule has 1 saturated heterocycles. The van der Waals surface area contributed by atoms with Gasteiger partial charge in [0.25, 0.3) is 0 Å². The smallest absolute Gasteiger partial charge is 0.122 e. The van der Waals surface area contributed by atoms with Crippen molar-refractivity contribution in [2.45, 2.75) is 37.9 Å². The van der Waals surface area contributed by atoms with Crippen molar-refractivity contribution >= 4 is 0 Å². The zero-order valence-corrected chi connectivity index (χ0v) is 11.7. The summed E-state index contributed by atoms with van der Waals surface area (Å²) >= 11 is 0. The van der Waals surface area contributed by atoms with Gasteiger partial charge >= 0.3 is 0 Å². The Labute approximate surface area is 110 Å². The van der Waals surface area contributed by atoms with Crippen molar-refractivity contribution in [3.63, 3.8) is 0 Å². The van der Waals surface area contributed by atoms with E-state index in [9.17, 15) is 0 Å². The Bertz CT molecular complexity index is 350. The predicted octanol–water partition coefficient (Wildman–Crippen LogP) is 1.69. The topological polar surface area (TPSA) is 45.6 Å². The van der Waals surface area contributed by atoms with Crippen LogP contribution in [0, 0.1) is 0 Å². The third kappa shape index (κ3) is 2.94. The van der Waals surface area contributed by atoms with Gasteiger partial charge in [0.15, 0.2) is 0 Å². The monoisotopic (exact) mass is 251 g/mol. The highest BCUT2D eigenvalue weighted by molar-refractivity contribution is 5.07. The molecule has 0 spiro atoms. The van der Waals surface area contributed by atoms with E-state index in [4.69, 9.17) is 10.2 Å². The van der Waals surface area contributed by atoms with Crippen LogP contribution in [0.5, 0.6) is 0 Å². The highest BCUT2D eigenvalue weighted by atomic mass is 16.3. The van der Waals surface area contributed by atoms with Crippen LogP contribution in [0.1, 0.15) is 31.6 Å². The third-order valence-electron chi connectivity index (χ3n) is 3.98. The quantitative estimate of drug-likeness (QED) is 0.865. The second-order valence-corrected chi connectivity index (χ2v) is 5.54. The summed E-state index contributed by atoms with van der Waals surface area (Å²) in [7, 11) is 4.35. The van der Waals surface area contributed by atoms with E-state index >= 15 is 0 Å². The van der Waals surface area contributed by atoms with Crippen LogP contribution in [0.4, 0.5) is 0 Å². The number of likely N-dealkylation sites (N-methyl/N-ethyl adjacent to an activating group) is 2. The van der Waals surface area contributed by atoms with Crippen molar-refractivity contribution in [1.29, 1.82) is 0 Å². The average Bonchev–Trinajstić information content (AvgIpc) is 2.92. The molecule has 2 rings (SSSR count). The van der Waals surface area contributed by atoms with E-state index in [2.05, 4.69) is 23.9 Å². The number of rotatable bonds is 5. The van der Waals surface area contributed by atoms with Crippen molar-refractivity contribution in [2.75, 3.05) is 27.2 Å². The Balaban J connectivity index is 2.02. The summed E-state index contributed by atoms with van der Waals surface area (Å²) in [4.78, 5) is 4.77. The molecular formula is C14H25N3O. The highest BCUT2D eigenvalue weighted by Gasteiger charge is 2.28. The Morgan fingerprint density at radius 2 is 2.39 bits per heavy atom. The van der Waals surface area contributed by atoms with Crippen molar-refractivity contribution in [2.24, 2.45) is 5.73 Å². The molecule has 3 atom stereocenters. The summed E-state index contributed by atoms with van der Waals surface area (Å²) in [5.41, 5.74) is 6.12. The number of nitrogens with two attached hydrogens (primary N) is 1. The van der Waals surface area contributed by atoms with Gasteiger partial charge < -0.3 is 15.1 Å². The molecule has 18 heavy (non-hydrogen) atoms. The lowest BCUT2D eigenvalue weighted by Crippen LogP contribution is -2.43. The molecule has 0 aliphatic carbocycles. The number of likely N-dealkylation sites (tertiary alicyclic amines) is 1. The van der Waals surface area contributed by atoms with Gasteiger partial charge in [0.1, 0.15) is 5.76 Å². The molecule has 1 aromatic heterocycles. The molecule has 1 fully saturated rings. The van der Waals surface area contributed by atoms with E-state index in [0.717, 1.165) is 12.3 Å². The number of hydrogen-bond acceptors (Lipinski definition) is 4. The van der Waals surface area contributed by atoms with Gasteiger partial charge in [-0.2, -0.15) is 0 Å². The largest absolute Gasteiger partial charge is 0.468 e. The molecule has 4 heteroatoms. The number of nitrogens with zero attached hydrogens (tertiary/aromatic N) is 2. The van der Waals surface area contributed by atoms with Crippen LogP contribution in [-0.2, 0) is 0 Å². The fraction of sp³-hybridized carbons (Fsp3) is 0.714. The first kappa shape index (κ1) is 13.6. The van der Waals surface area contributed by atoms with E-state index in [1.54, 1.807) is 6.26 Å². The minimum Gasteiger partial charge on any atom is -0.468 e. The Morgan fingerprint density at radius 3 is 2.89 bits per heavy atom. The molecule has 2 heterocycles. The summed E-state index contributed by atoms with van der Waals surface area (Å²) in [5.74, 6) is 0.966. The second kappa shape index (κ2) is 5.87. The number of hydrogen-bond donors (Lipinski definition) is 1. The Morgan fingerprint density at radius 1 is 1.61 bits per heavy atom. The molecule has 2 N–H and O–H groups in total. The summed E-state index contributed by atoms with van der Waals surface area (Å²) in [6.07, 6.45) is 4.31. The Kier molecular flexibility index (Phi) is 4.43. The molecule has 1 aliphatic heterocycles. The first-order chi connectivity index (χ1) is 8.59. The fourth-order valence-electron chi connectivity index (χ4n) is 2.99. The predicted molar refractivity (Wildman–Crippen MR) is 73.4 cm³/mol. The van der Waals surface area contributed by atoms with Crippen LogP contribution in [0.25, 0.3) is 0 Å². The van der Waals surface area contributed by atoms with Gasteiger partial charge in [-0.15, -0.1) is 0 Å². The zero-order chi connectivity index (χ0) is 13.1. The van der Waals surface area contributed by atoms with Crippen LogP contribution < -0.4 is 5.73 Å². The van der Waals surface area contributed by atoms with E-state index in [-0.39, 0.29) is 12.1 Å². The van der Waals surface area contributed by atoms with Crippen LogP contribution >= 0.6 is 0 Å². The molecule has 1 aromatic rings. The lowest BCUT2D eigenvalue weighted by molar-refractivity contribution is 0.147. The fourth-order valence-corrected chi connectivity index (χ4v) is 2.99. The van der Waals surface area contributed by atoms with Gasteiger partial charge in [-0.05, 0) is 52.5 Å². The second-order valence-electron chi connectivity index (χ2n) is 5.54. The summed E-state index contributed by atoms with van der Waals surface area (Å²) < 4.78 is 5.53. The Hall–Kier alpha value is -0.840. The molecule has 4 nitrogen and oxygen atoms in total. The molecular weight excluding hydrogens is 226 g/mol. The van der Waals surface area contributed by atoms with Crippen LogP contribution in [-0.4, -0.2) is 49.1 Å². The first-order valence-electron chi connectivity index (χ1n) is 6.79. The maximum atomic E-state index is 6.12. The minimum atomic E-state index is 0.0628. The molecule has 0 amide bonds. The van der Waals surface area contributed by atoms with E-state index < -0.39 is 0 Å².